The smallest absolute Gasteiger partial charge is 0.343 e. The van der Waals surface area contributed by atoms with E-state index in [2.05, 4.69) is 15.8 Å². The lowest BCUT2D eigenvalue weighted by atomic mass is 10.1. The number of hydrazone groups is 1. The van der Waals surface area contributed by atoms with Crippen LogP contribution >= 0.6 is 11.6 Å². The minimum Gasteiger partial charge on any atom is -0.493 e. The van der Waals surface area contributed by atoms with Crippen LogP contribution in [0.4, 0.5) is 0 Å². The highest BCUT2D eigenvalue weighted by Gasteiger charge is 2.17. The van der Waals surface area contributed by atoms with Crippen molar-refractivity contribution in [2.75, 3.05) is 34.5 Å². The predicted molar refractivity (Wildman–Crippen MR) is 148 cm³/mol. The fraction of sp³-hybridized carbons (Fsp3) is 0.214. The highest BCUT2D eigenvalue weighted by molar-refractivity contribution is 6.30. The number of benzene rings is 3. The Kier molecular flexibility index (Phi) is 10.7. The van der Waals surface area contributed by atoms with Gasteiger partial charge in [-0.15, -0.1) is 0 Å². The Morgan fingerprint density at radius 1 is 0.850 bits per heavy atom. The van der Waals surface area contributed by atoms with Crippen molar-refractivity contribution in [1.82, 2.24) is 10.7 Å². The number of hydrogen-bond acceptors (Lipinski definition) is 9. The third-order valence-electron chi connectivity index (χ3n) is 5.29. The van der Waals surface area contributed by atoms with Crippen LogP contribution in [-0.2, 0) is 4.79 Å². The van der Waals surface area contributed by atoms with Gasteiger partial charge in [0.25, 0.3) is 11.8 Å². The maximum atomic E-state index is 12.6. The number of amides is 2. The van der Waals surface area contributed by atoms with Gasteiger partial charge in [0.1, 0.15) is 0 Å². The minimum atomic E-state index is -0.570. The van der Waals surface area contributed by atoms with Gasteiger partial charge in [0.05, 0.1) is 46.3 Å². The second kappa shape index (κ2) is 14.4. The summed E-state index contributed by atoms with van der Waals surface area (Å²) >= 11 is 5.87. The zero-order chi connectivity index (χ0) is 29.1. The van der Waals surface area contributed by atoms with Crippen molar-refractivity contribution in [3.63, 3.8) is 0 Å². The van der Waals surface area contributed by atoms with Crippen LogP contribution in [-0.4, -0.2) is 58.5 Å². The number of hydrogen-bond donors (Lipinski definition) is 2. The van der Waals surface area contributed by atoms with Crippen LogP contribution in [0, 0.1) is 0 Å². The zero-order valence-corrected chi connectivity index (χ0v) is 23.0. The van der Waals surface area contributed by atoms with Crippen molar-refractivity contribution in [3.05, 3.63) is 76.3 Å². The van der Waals surface area contributed by atoms with Crippen molar-refractivity contribution in [3.8, 4) is 28.7 Å². The van der Waals surface area contributed by atoms with E-state index >= 15 is 0 Å². The second-order valence-corrected chi connectivity index (χ2v) is 8.36. The topological polar surface area (TPSA) is 134 Å². The number of methoxy groups -OCH3 is 3. The molecule has 2 N–H and O–H groups in total. The maximum Gasteiger partial charge on any atom is 0.343 e. The van der Waals surface area contributed by atoms with Gasteiger partial charge in [0.15, 0.2) is 23.0 Å². The predicted octanol–water partition coefficient (Wildman–Crippen LogP) is 3.86. The molecule has 3 aromatic rings. The third kappa shape index (κ3) is 7.87. The fourth-order valence-electron chi connectivity index (χ4n) is 3.40. The van der Waals surface area contributed by atoms with Crippen molar-refractivity contribution >= 4 is 35.6 Å². The Bertz CT molecular complexity index is 1370. The summed E-state index contributed by atoms with van der Waals surface area (Å²) in [6.45, 7) is 1.78. The summed E-state index contributed by atoms with van der Waals surface area (Å²) in [6.07, 6.45) is 1.38. The molecule has 0 radical (unpaired) electrons. The standard InChI is InChI=1S/C28H28ClN3O8/c1-5-39-22-12-17(6-11-21(22)40-28(35)18-7-9-20(29)10-8-18)15-31-32-25(33)16-30-27(34)19-13-23(36-2)26(38-4)24(14-19)37-3/h6-15H,5,16H2,1-4H3,(H,30,34)(H,32,33)/b31-15-. The average Bonchev–Trinajstić information content (AvgIpc) is 2.96. The summed E-state index contributed by atoms with van der Waals surface area (Å²) in [5.74, 6) is -0.167. The van der Waals surface area contributed by atoms with Crippen molar-refractivity contribution in [2.45, 2.75) is 6.92 Å². The zero-order valence-electron chi connectivity index (χ0n) is 22.3. The summed E-state index contributed by atoms with van der Waals surface area (Å²) in [5, 5.41) is 6.92. The molecule has 0 fully saturated rings. The van der Waals surface area contributed by atoms with Crippen LogP contribution in [0.15, 0.2) is 59.7 Å². The van der Waals surface area contributed by atoms with Gasteiger partial charge in [0, 0.05) is 10.6 Å². The molecule has 0 atom stereocenters. The van der Waals surface area contributed by atoms with Crippen molar-refractivity contribution in [1.29, 1.82) is 0 Å². The van der Waals surface area contributed by atoms with Crippen molar-refractivity contribution in [2.24, 2.45) is 5.10 Å². The molecular formula is C28H28ClN3O8. The van der Waals surface area contributed by atoms with Gasteiger partial charge >= 0.3 is 5.97 Å². The van der Waals surface area contributed by atoms with E-state index in [0.29, 0.717) is 45.8 Å². The number of nitrogens with one attached hydrogen (secondary N) is 2. The van der Waals surface area contributed by atoms with Gasteiger partial charge < -0.3 is 29.0 Å². The molecule has 11 nitrogen and oxygen atoms in total. The fourth-order valence-corrected chi connectivity index (χ4v) is 3.52. The molecule has 0 heterocycles. The summed E-state index contributed by atoms with van der Waals surface area (Å²) in [7, 11) is 4.32. The number of rotatable bonds is 12. The second-order valence-electron chi connectivity index (χ2n) is 7.93. The lowest BCUT2D eigenvalue weighted by Crippen LogP contribution is -2.34. The molecular weight excluding hydrogens is 542 g/mol. The molecule has 0 aliphatic heterocycles. The molecule has 210 valence electrons. The Labute approximate surface area is 236 Å². The number of carbonyl (C=O) groups is 3. The van der Waals surface area contributed by atoms with E-state index in [1.54, 1.807) is 49.4 Å². The van der Waals surface area contributed by atoms with Gasteiger partial charge in [-0.25, -0.2) is 10.2 Å². The Hall–Kier alpha value is -4.77. The number of halogens is 1. The Balaban J connectivity index is 1.59. The van der Waals surface area contributed by atoms with E-state index in [0.717, 1.165) is 0 Å². The molecule has 0 saturated carbocycles. The maximum absolute atomic E-state index is 12.6. The molecule has 0 bridgehead atoms. The normalized spacial score (nSPS) is 10.5. The first kappa shape index (κ1) is 29.8. The van der Waals surface area contributed by atoms with Crippen LogP contribution in [0.25, 0.3) is 0 Å². The third-order valence-corrected chi connectivity index (χ3v) is 5.54. The van der Waals surface area contributed by atoms with E-state index in [-0.39, 0.29) is 17.9 Å². The van der Waals surface area contributed by atoms with E-state index in [1.807, 2.05) is 0 Å². The van der Waals surface area contributed by atoms with Crippen LogP contribution in [0.5, 0.6) is 28.7 Å². The first-order valence-corrected chi connectivity index (χ1v) is 12.3. The first-order valence-electron chi connectivity index (χ1n) is 11.9. The molecule has 0 spiro atoms. The summed E-state index contributed by atoms with van der Waals surface area (Å²) in [5.41, 5.74) is 3.45. The van der Waals surface area contributed by atoms with E-state index in [1.165, 1.54) is 39.7 Å². The number of carbonyl (C=O) groups excluding carboxylic acids is 3. The lowest BCUT2D eigenvalue weighted by Gasteiger charge is -2.14. The van der Waals surface area contributed by atoms with Gasteiger partial charge in [-0.1, -0.05) is 11.6 Å². The monoisotopic (exact) mass is 569 g/mol. The lowest BCUT2D eigenvalue weighted by molar-refractivity contribution is -0.120. The van der Waals surface area contributed by atoms with Crippen LogP contribution in [0.2, 0.25) is 5.02 Å². The highest BCUT2D eigenvalue weighted by Crippen LogP contribution is 2.38. The summed E-state index contributed by atoms with van der Waals surface area (Å²) in [6, 6.07) is 14.0. The SMILES string of the molecule is CCOc1cc(/C=N\NC(=O)CNC(=O)c2cc(OC)c(OC)c(OC)c2)ccc1OC(=O)c1ccc(Cl)cc1. The molecule has 3 rings (SSSR count). The average molecular weight is 570 g/mol. The molecule has 0 saturated heterocycles. The van der Waals surface area contributed by atoms with Crippen LogP contribution < -0.4 is 34.4 Å². The van der Waals surface area contributed by atoms with Gasteiger partial charge in [0.2, 0.25) is 5.75 Å². The summed E-state index contributed by atoms with van der Waals surface area (Å²) in [4.78, 5) is 37.2. The van der Waals surface area contributed by atoms with Gasteiger partial charge in [-0.05, 0) is 67.1 Å². The molecule has 0 aliphatic carbocycles. The molecule has 40 heavy (non-hydrogen) atoms. The molecule has 2 amide bonds. The van der Waals surface area contributed by atoms with Gasteiger partial charge in [-0.2, -0.15) is 5.10 Å². The van der Waals surface area contributed by atoms with Crippen molar-refractivity contribution < 1.29 is 38.1 Å². The molecule has 12 heteroatoms. The van der Waals surface area contributed by atoms with E-state index in [9.17, 15) is 14.4 Å². The Morgan fingerprint density at radius 2 is 1.52 bits per heavy atom. The number of nitrogens with zero attached hydrogens (tertiary/aromatic N) is 1. The van der Waals surface area contributed by atoms with E-state index < -0.39 is 17.8 Å². The Morgan fingerprint density at radius 3 is 2.12 bits per heavy atom. The quantitative estimate of drug-likeness (QED) is 0.145. The minimum absolute atomic E-state index is 0.214. The van der Waals surface area contributed by atoms with E-state index in [4.69, 9.17) is 35.3 Å². The van der Waals surface area contributed by atoms with Crippen LogP contribution in [0.1, 0.15) is 33.2 Å². The highest BCUT2D eigenvalue weighted by atomic mass is 35.5. The number of esters is 1. The number of ether oxygens (including phenoxy) is 5. The molecule has 0 aromatic heterocycles. The van der Waals surface area contributed by atoms with Gasteiger partial charge in [-0.3, -0.25) is 9.59 Å². The summed E-state index contributed by atoms with van der Waals surface area (Å²) < 4.78 is 26.8. The molecule has 0 unspecified atom stereocenters. The molecule has 0 aliphatic rings. The largest absolute Gasteiger partial charge is 0.493 e. The first-order chi connectivity index (χ1) is 19.3. The molecule has 3 aromatic carbocycles. The van der Waals surface area contributed by atoms with Crippen LogP contribution in [0.3, 0.4) is 0 Å².